The van der Waals surface area contributed by atoms with Crippen LogP contribution in [0.4, 0.5) is 5.69 Å². The van der Waals surface area contributed by atoms with Gasteiger partial charge in [-0.2, -0.15) is 0 Å². The number of nitro benzene ring substituents is 1. The minimum absolute atomic E-state index is 0.0176. The van der Waals surface area contributed by atoms with Crippen LogP contribution in [0.5, 0.6) is 0 Å². The number of hydrogen-bond acceptors (Lipinski definition) is 6. The zero-order valence-corrected chi connectivity index (χ0v) is 14.8. The maximum atomic E-state index is 12.3. The highest BCUT2D eigenvalue weighted by Crippen LogP contribution is 2.17. The van der Waals surface area contributed by atoms with E-state index in [4.69, 9.17) is 4.74 Å². The van der Waals surface area contributed by atoms with E-state index in [9.17, 15) is 18.5 Å². The molecule has 1 saturated heterocycles. The van der Waals surface area contributed by atoms with E-state index >= 15 is 0 Å². The molecule has 0 saturated carbocycles. The van der Waals surface area contributed by atoms with Crippen molar-refractivity contribution in [1.82, 2.24) is 9.62 Å². The van der Waals surface area contributed by atoms with Gasteiger partial charge >= 0.3 is 0 Å². The molecule has 0 radical (unpaired) electrons. The standard InChI is InChI=1S/C15H23N3O5S/c1-11(17-9-12(2)23-13(3)10-17)8-16-24(21,22)15-6-4-14(5-7-15)18(19)20/h4-7,11-13,16H,8-10H2,1-3H3/t11-,12-,13+/m0/s1. The van der Waals surface area contributed by atoms with Gasteiger partial charge in [-0.15, -0.1) is 0 Å². The maximum Gasteiger partial charge on any atom is 0.269 e. The van der Waals surface area contributed by atoms with Gasteiger partial charge in [-0.25, -0.2) is 13.1 Å². The molecule has 2 rings (SSSR count). The number of sulfonamides is 1. The van der Waals surface area contributed by atoms with Crippen LogP contribution in [0.3, 0.4) is 0 Å². The summed E-state index contributed by atoms with van der Waals surface area (Å²) in [5.74, 6) is 0. The van der Waals surface area contributed by atoms with Gasteiger partial charge < -0.3 is 4.74 Å². The first-order valence-electron chi connectivity index (χ1n) is 7.82. The highest BCUT2D eigenvalue weighted by molar-refractivity contribution is 7.89. The number of nitrogens with zero attached hydrogens (tertiary/aromatic N) is 2. The summed E-state index contributed by atoms with van der Waals surface area (Å²) in [6.07, 6.45) is 0.227. The lowest BCUT2D eigenvalue weighted by Gasteiger charge is -2.38. The van der Waals surface area contributed by atoms with Crippen molar-refractivity contribution in [2.45, 2.75) is 43.9 Å². The molecule has 0 bridgehead atoms. The smallest absolute Gasteiger partial charge is 0.269 e. The summed E-state index contributed by atoms with van der Waals surface area (Å²) in [5, 5.41) is 10.6. The Morgan fingerprint density at radius 3 is 2.33 bits per heavy atom. The fraction of sp³-hybridized carbons (Fsp3) is 0.600. The molecule has 1 aliphatic rings. The molecule has 0 amide bonds. The fourth-order valence-electron chi connectivity index (χ4n) is 2.77. The number of nitro groups is 1. The van der Waals surface area contributed by atoms with Crippen LogP contribution >= 0.6 is 0 Å². The van der Waals surface area contributed by atoms with Crippen LogP contribution < -0.4 is 4.72 Å². The quantitative estimate of drug-likeness (QED) is 0.609. The minimum Gasteiger partial charge on any atom is -0.373 e. The number of nitrogens with one attached hydrogen (secondary N) is 1. The summed E-state index contributed by atoms with van der Waals surface area (Å²) in [4.78, 5) is 12.3. The molecule has 1 aliphatic heterocycles. The third-order valence-corrected chi connectivity index (χ3v) is 5.44. The molecule has 0 aliphatic carbocycles. The Hall–Kier alpha value is -1.55. The van der Waals surface area contributed by atoms with Crippen LogP contribution in [0.25, 0.3) is 0 Å². The van der Waals surface area contributed by atoms with E-state index in [1.165, 1.54) is 24.3 Å². The maximum absolute atomic E-state index is 12.3. The Labute approximate surface area is 142 Å². The number of ether oxygens (including phenoxy) is 1. The van der Waals surface area contributed by atoms with Crippen molar-refractivity contribution in [2.75, 3.05) is 19.6 Å². The monoisotopic (exact) mass is 357 g/mol. The summed E-state index contributed by atoms with van der Waals surface area (Å²) in [6, 6.07) is 4.87. The van der Waals surface area contributed by atoms with Crippen LogP contribution in [0, 0.1) is 10.1 Å². The largest absolute Gasteiger partial charge is 0.373 e. The summed E-state index contributed by atoms with van der Waals surface area (Å²) in [5.41, 5.74) is -0.140. The SMILES string of the molecule is C[C@@H]1CN([C@@H](C)CNS(=O)(=O)c2ccc([N+](=O)[O-])cc2)C[C@H](C)O1. The Kier molecular flexibility index (Phi) is 5.92. The van der Waals surface area contributed by atoms with E-state index in [1.54, 1.807) is 0 Å². The van der Waals surface area contributed by atoms with Gasteiger partial charge in [-0.1, -0.05) is 0 Å². The van der Waals surface area contributed by atoms with Crippen molar-refractivity contribution < 1.29 is 18.1 Å². The highest BCUT2D eigenvalue weighted by atomic mass is 32.2. The molecule has 1 heterocycles. The van der Waals surface area contributed by atoms with Crippen molar-refractivity contribution in [2.24, 2.45) is 0 Å². The van der Waals surface area contributed by atoms with Gasteiger partial charge in [0.1, 0.15) is 0 Å². The third kappa shape index (κ3) is 4.73. The van der Waals surface area contributed by atoms with E-state index in [0.717, 1.165) is 13.1 Å². The van der Waals surface area contributed by atoms with Crippen LogP contribution in [0.2, 0.25) is 0 Å². The molecule has 1 N–H and O–H groups in total. The van der Waals surface area contributed by atoms with Crippen molar-refractivity contribution in [3.05, 3.63) is 34.4 Å². The van der Waals surface area contributed by atoms with Gasteiger partial charge in [0.25, 0.3) is 5.69 Å². The normalized spacial score (nSPS) is 23.8. The first kappa shape index (κ1) is 18.8. The molecule has 134 valence electrons. The molecule has 1 fully saturated rings. The van der Waals surface area contributed by atoms with E-state index in [0.29, 0.717) is 0 Å². The zero-order valence-electron chi connectivity index (χ0n) is 14.0. The van der Waals surface area contributed by atoms with E-state index in [1.807, 2.05) is 20.8 Å². The van der Waals surface area contributed by atoms with E-state index < -0.39 is 14.9 Å². The number of benzene rings is 1. The molecule has 0 spiro atoms. The molecule has 24 heavy (non-hydrogen) atoms. The fourth-order valence-corrected chi connectivity index (χ4v) is 3.89. The van der Waals surface area contributed by atoms with Crippen LogP contribution in [0.15, 0.2) is 29.2 Å². The van der Waals surface area contributed by atoms with Gasteiger partial charge in [-0.3, -0.25) is 15.0 Å². The second-order valence-electron chi connectivity index (χ2n) is 6.16. The van der Waals surface area contributed by atoms with Crippen molar-refractivity contribution in [1.29, 1.82) is 0 Å². The minimum atomic E-state index is -3.69. The van der Waals surface area contributed by atoms with Gasteiger partial charge in [0.05, 0.1) is 22.0 Å². The lowest BCUT2D eigenvalue weighted by Crippen LogP contribution is -2.52. The van der Waals surface area contributed by atoms with Gasteiger partial charge in [0, 0.05) is 37.8 Å². The summed E-state index contributed by atoms with van der Waals surface area (Å²) in [7, 11) is -3.69. The average Bonchev–Trinajstić information content (AvgIpc) is 2.51. The molecule has 0 unspecified atom stereocenters. The molecular formula is C15H23N3O5S. The molecule has 8 nitrogen and oxygen atoms in total. The summed E-state index contributed by atoms with van der Waals surface area (Å²) < 4.78 is 32.9. The van der Waals surface area contributed by atoms with Crippen molar-refractivity contribution in [3.63, 3.8) is 0 Å². The summed E-state index contributed by atoms with van der Waals surface area (Å²) in [6.45, 7) is 7.73. The predicted molar refractivity (Wildman–Crippen MR) is 89.3 cm³/mol. The predicted octanol–water partition coefficient (Wildman–Crippen LogP) is 1.37. The Morgan fingerprint density at radius 1 is 1.29 bits per heavy atom. The van der Waals surface area contributed by atoms with Crippen LogP contribution in [0.1, 0.15) is 20.8 Å². The number of hydrogen-bond donors (Lipinski definition) is 1. The zero-order chi connectivity index (χ0) is 17.9. The van der Waals surface area contributed by atoms with E-state index in [2.05, 4.69) is 9.62 Å². The number of morpholine rings is 1. The topological polar surface area (TPSA) is 102 Å². The molecule has 9 heteroatoms. The van der Waals surface area contributed by atoms with Crippen LogP contribution in [-0.4, -0.2) is 56.1 Å². The molecule has 1 aromatic carbocycles. The molecular weight excluding hydrogens is 334 g/mol. The average molecular weight is 357 g/mol. The van der Waals surface area contributed by atoms with Crippen molar-refractivity contribution >= 4 is 15.7 Å². The molecule has 3 atom stereocenters. The Morgan fingerprint density at radius 2 is 1.83 bits per heavy atom. The Balaban J connectivity index is 1.97. The lowest BCUT2D eigenvalue weighted by atomic mass is 10.2. The van der Waals surface area contributed by atoms with E-state index in [-0.39, 0.29) is 35.4 Å². The van der Waals surface area contributed by atoms with Gasteiger partial charge in [-0.05, 0) is 32.9 Å². The molecule has 0 aromatic heterocycles. The van der Waals surface area contributed by atoms with Gasteiger partial charge in [0.2, 0.25) is 10.0 Å². The second-order valence-corrected chi connectivity index (χ2v) is 7.93. The molecule has 1 aromatic rings. The third-order valence-electron chi connectivity index (χ3n) is 4.00. The first-order chi connectivity index (χ1) is 11.2. The number of rotatable bonds is 6. The second kappa shape index (κ2) is 7.56. The number of non-ortho nitro benzene ring substituents is 1. The van der Waals surface area contributed by atoms with Gasteiger partial charge in [0.15, 0.2) is 0 Å². The summed E-state index contributed by atoms with van der Waals surface area (Å²) >= 11 is 0. The Bertz CT molecular complexity index is 667. The highest BCUT2D eigenvalue weighted by Gasteiger charge is 2.26. The van der Waals surface area contributed by atoms with Crippen LogP contribution in [-0.2, 0) is 14.8 Å². The van der Waals surface area contributed by atoms with Crippen molar-refractivity contribution in [3.8, 4) is 0 Å². The first-order valence-corrected chi connectivity index (χ1v) is 9.31. The lowest BCUT2D eigenvalue weighted by molar-refractivity contribution is -0.384.